The molecule has 3 aromatic carbocycles. The summed E-state index contributed by atoms with van der Waals surface area (Å²) < 4.78 is 40.4. The van der Waals surface area contributed by atoms with E-state index in [9.17, 15) is 19.6 Å². The van der Waals surface area contributed by atoms with Crippen molar-refractivity contribution in [3.05, 3.63) is 95.4 Å². The van der Waals surface area contributed by atoms with Crippen LogP contribution in [0.3, 0.4) is 0 Å². The van der Waals surface area contributed by atoms with E-state index in [1.807, 2.05) is 36.1 Å². The molecule has 1 saturated carbocycles. The first kappa shape index (κ1) is 34.5. The molecule has 9 nitrogen and oxygen atoms in total. The van der Waals surface area contributed by atoms with Gasteiger partial charge < -0.3 is 24.6 Å². The van der Waals surface area contributed by atoms with Crippen molar-refractivity contribution in [2.45, 2.75) is 63.8 Å². The highest BCUT2D eigenvalue weighted by Gasteiger charge is 2.49. The fraction of sp³-hybridized carbons (Fsp3) is 0.349. The molecule has 3 saturated heterocycles. The molecule has 6 heterocycles. The second-order valence-corrected chi connectivity index (χ2v) is 15.5. The molecule has 2 bridgehead atoms. The van der Waals surface area contributed by atoms with Crippen LogP contribution in [0.4, 0.5) is 8.78 Å². The molecule has 3 aliphatic heterocycles. The maximum Gasteiger partial charge on any atom is 0.249 e. The zero-order valence-corrected chi connectivity index (χ0v) is 30.5. The Balaban J connectivity index is 1.41. The van der Waals surface area contributed by atoms with Crippen molar-refractivity contribution >= 4 is 38.5 Å². The van der Waals surface area contributed by atoms with Crippen LogP contribution in [0, 0.1) is 28.9 Å². The molecule has 0 spiro atoms. The van der Waals surface area contributed by atoms with Crippen molar-refractivity contribution in [1.29, 1.82) is 5.26 Å². The minimum absolute atomic E-state index is 0.0111. The summed E-state index contributed by atoms with van der Waals surface area (Å²) in [6.45, 7) is 8.84. The zero-order valence-electron chi connectivity index (χ0n) is 30.5. The standard InChI is InChI=1S/C43H40F2N6O3/c1-22(18-46)29-16-31-40(38(45)37(29)28-7-5-6-24-8-10-27(44)15-30(24)28)49-39(25-9-11-35(48-19-25)43(3,4)53)32-17-34(23(2)50-12-13-54-21-36(50)52)51(42(31)32)41-26-14-33(41)47-20-26/h5-11,15-17,19,22-23,26,33,41,47,53H,12-14,20-21H2,1-4H3/t22?,23-,26-,33-,41+/m1/s1. The first-order chi connectivity index (χ1) is 25.9. The van der Waals surface area contributed by atoms with Crippen LogP contribution in [0.25, 0.3) is 55.0 Å². The molecule has 1 unspecified atom stereocenters. The number of benzene rings is 3. The Morgan fingerprint density at radius 1 is 1.07 bits per heavy atom. The fourth-order valence-corrected chi connectivity index (χ4v) is 8.97. The van der Waals surface area contributed by atoms with Gasteiger partial charge >= 0.3 is 0 Å². The maximum absolute atomic E-state index is 17.9. The molecule has 4 aliphatic rings. The summed E-state index contributed by atoms with van der Waals surface area (Å²) in [4.78, 5) is 24.8. The van der Waals surface area contributed by atoms with E-state index in [2.05, 4.69) is 27.0 Å². The summed E-state index contributed by atoms with van der Waals surface area (Å²) in [6.07, 6.45) is 2.67. The summed E-state index contributed by atoms with van der Waals surface area (Å²) in [5.41, 5.74) is 3.38. The van der Waals surface area contributed by atoms with Gasteiger partial charge in [-0.3, -0.25) is 9.78 Å². The summed E-state index contributed by atoms with van der Waals surface area (Å²) in [6, 6.07) is 19.7. The third-order valence-electron chi connectivity index (χ3n) is 11.8. The number of nitriles is 1. The van der Waals surface area contributed by atoms with Crippen LogP contribution in [0.5, 0.6) is 0 Å². The van der Waals surface area contributed by atoms with Crippen molar-refractivity contribution in [2.24, 2.45) is 5.92 Å². The number of carbonyl (C=O) groups is 1. The number of nitrogens with one attached hydrogen (secondary N) is 1. The maximum atomic E-state index is 17.9. The quantitative estimate of drug-likeness (QED) is 0.174. The summed E-state index contributed by atoms with van der Waals surface area (Å²) in [7, 11) is 0. The summed E-state index contributed by atoms with van der Waals surface area (Å²) in [5, 5.41) is 27.3. The van der Waals surface area contributed by atoms with E-state index >= 15 is 4.39 Å². The Morgan fingerprint density at radius 2 is 1.91 bits per heavy atom. The predicted octanol–water partition coefficient (Wildman–Crippen LogP) is 7.66. The molecular formula is C43H40F2N6O3. The normalized spacial score (nSPS) is 21.1. The van der Waals surface area contributed by atoms with Crippen molar-refractivity contribution in [3.8, 4) is 28.5 Å². The van der Waals surface area contributed by atoms with Gasteiger partial charge in [-0.15, -0.1) is 0 Å². The average Bonchev–Trinajstić information content (AvgIpc) is 3.91. The number of hydrogen-bond donors (Lipinski definition) is 2. The Morgan fingerprint density at radius 3 is 2.59 bits per heavy atom. The van der Waals surface area contributed by atoms with Gasteiger partial charge in [0.15, 0.2) is 5.82 Å². The Hall–Kier alpha value is -5.28. The topological polar surface area (TPSA) is 116 Å². The SMILES string of the molecule is CC(C#N)c1cc2c(nc(-c3ccc(C(C)(C)O)nc3)c3cc([C@@H](C)N4CCOCC4=O)n([C@H]4[C@H]5CN[C@@H]4C5)c32)c(F)c1-c1cccc2ccc(F)cc12. The average molecular weight is 727 g/mol. The Labute approximate surface area is 311 Å². The van der Waals surface area contributed by atoms with Crippen molar-refractivity contribution in [3.63, 3.8) is 0 Å². The van der Waals surface area contributed by atoms with Gasteiger partial charge in [0.1, 0.15) is 23.5 Å². The van der Waals surface area contributed by atoms with Crippen molar-refractivity contribution < 1.29 is 23.4 Å². The highest BCUT2D eigenvalue weighted by molar-refractivity contribution is 6.12. The number of ether oxygens (including phenoxy) is 1. The monoisotopic (exact) mass is 726 g/mol. The van der Waals surface area contributed by atoms with Gasteiger partial charge in [-0.2, -0.15) is 5.26 Å². The lowest BCUT2D eigenvalue weighted by molar-refractivity contribution is -0.145. The molecule has 54 heavy (non-hydrogen) atoms. The Kier molecular flexibility index (Phi) is 8.08. The lowest BCUT2D eigenvalue weighted by atomic mass is 9.79. The highest BCUT2D eigenvalue weighted by Crippen LogP contribution is 2.51. The van der Waals surface area contributed by atoms with Crippen molar-refractivity contribution in [1.82, 2.24) is 24.8 Å². The largest absolute Gasteiger partial charge is 0.384 e. The molecule has 10 rings (SSSR count). The van der Waals surface area contributed by atoms with Crippen LogP contribution in [0.15, 0.2) is 66.9 Å². The van der Waals surface area contributed by atoms with Gasteiger partial charge in [0, 0.05) is 52.9 Å². The molecule has 5 atom stereocenters. The van der Waals surface area contributed by atoms with E-state index in [-0.39, 0.29) is 41.7 Å². The second-order valence-electron chi connectivity index (χ2n) is 15.5. The number of morpholine rings is 1. The number of pyridine rings is 2. The number of fused-ring (bicyclic) bond motifs is 5. The van der Waals surface area contributed by atoms with E-state index in [4.69, 9.17) is 9.72 Å². The van der Waals surface area contributed by atoms with E-state index in [1.54, 1.807) is 45.2 Å². The smallest absolute Gasteiger partial charge is 0.249 e. The molecule has 1 aliphatic carbocycles. The van der Waals surface area contributed by atoms with E-state index in [1.165, 1.54) is 12.1 Å². The Bertz CT molecular complexity index is 2540. The molecule has 2 N–H and O–H groups in total. The van der Waals surface area contributed by atoms with Crippen LogP contribution < -0.4 is 5.32 Å². The van der Waals surface area contributed by atoms with Gasteiger partial charge in [0.25, 0.3) is 0 Å². The first-order valence-electron chi connectivity index (χ1n) is 18.5. The molecule has 6 aromatic rings. The number of hydrogen-bond acceptors (Lipinski definition) is 7. The van der Waals surface area contributed by atoms with Gasteiger partial charge in [0.05, 0.1) is 47.6 Å². The number of carbonyl (C=O) groups excluding carboxylic acids is 1. The lowest BCUT2D eigenvalue weighted by Crippen LogP contribution is -2.45. The van der Waals surface area contributed by atoms with E-state index in [0.717, 1.165) is 34.9 Å². The molecule has 11 heteroatoms. The number of rotatable bonds is 7. The highest BCUT2D eigenvalue weighted by atomic mass is 19.1. The first-order valence-corrected chi connectivity index (χ1v) is 18.5. The molecule has 4 fully saturated rings. The van der Waals surface area contributed by atoms with Crippen LogP contribution >= 0.6 is 0 Å². The fourth-order valence-electron chi connectivity index (χ4n) is 8.97. The van der Waals surface area contributed by atoms with Crippen LogP contribution in [0.1, 0.15) is 69.1 Å². The van der Waals surface area contributed by atoms with Gasteiger partial charge in [0.2, 0.25) is 5.91 Å². The van der Waals surface area contributed by atoms with Crippen LogP contribution in [-0.2, 0) is 15.1 Å². The number of aliphatic hydroxyl groups is 1. The molecular weight excluding hydrogens is 687 g/mol. The van der Waals surface area contributed by atoms with E-state index in [0.29, 0.717) is 57.9 Å². The summed E-state index contributed by atoms with van der Waals surface area (Å²) >= 11 is 0. The zero-order chi connectivity index (χ0) is 37.6. The van der Waals surface area contributed by atoms with E-state index < -0.39 is 23.2 Å². The number of aromatic nitrogens is 3. The van der Waals surface area contributed by atoms with Crippen molar-refractivity contribution in [2.75, 3.05) is 26.3 Å². The summed E-state index contributed by atoms with van der Waals surface area (Å²) in [5.74, 6) is -1.53. The molecule has 1 amide bonds. The van der Waals surface area contributed by atoms with Gasteiger partial charge in [-0.1, -0.05) is 24.3 Å². The number of halogens is 2. The minimum atomic E-state index is -1.18. The van der Waals surface area contributed by atoms with Crippen LogP contribution in [0.2, 0.25) is 0 Å². The number of amides is 1. The minimum Gasteiger partial charge on any atom is -0.384 e. The molecule has 274 valence electrons. The van der Waals surface area contributed by atoms with Gasteiger partial charge in [-0.25, -0.2) is 13.8 Å². The molecule has 0 radical (unpaired) electrons. The third-order valence-corrected chi connectivity index (χ3v) is 11.8. The second kappa shape index (κ2) is 12.7. The third kappa shape index (κ3) is 5.30. The van der Waals surface area contributed by atoms with Crippen LogP contribution in [-0.4, -0.2) is 62.8 Å². The predicted molar refractivity (Wildman–Crippen MR) is 202 cm³/mol. The lowest BCUT2D eigenvalue weighted by Gasteiger charge is -2.40. The number of nitrogens with zero attached hydrogens (tertiary/aromatic N) is 5. The van der Waals surface area contributed by atoms with Gasteiger partial charge in [-0.05, 0) is 98.3 Å². The molecule has 3 aromatic heterocycles.